The van der Waals surface area contributed by atoms with Crippen molar-refractivity contribution in [3.05, 3.63) is 0 Å². The smallest absolute Gasteiger partial charge is 0.306 e. The molecule has 11 heteroatoms. The highest BCUT2D eigenvalue weighted by Gasteiger charge is 2.21. The monoisotopic (exact) mass is 453 g/mol. The number of likely N-dealkylation sites (N-methyl/N-ethyl adjacent to an activating group) is 1. The van der Waals surface area contributed by atoms with Crippen LogP contribution in [-0.2, 0) is 37.5 Å². The molecule has 0 bridgehead atoms. The fraction of sp³-hybridized carbons (Fsp3) is 0.842. The minimum absolute atomic E-state index is 0.0191. The van der Waals surface area contributed by atoms with E-state index in [2.05, 4.69) is 0 Å². The van der Waals surface area contributed by atoms with Gasteiger partial charge in [-0.15, -0.1) is 0 Å². The number of esters is 2. The number of ether oxygens (including phenoxy) is 2. The maximum atomic E-state index is 11.9. The lowest BCUT2D eigenvalue weighted by molar-refractivity contribution is -0.870. The summed E-state index contributed by atoms with van der Waals surface area (Å²) in [6, 6.07) is 0. The number of phosphoric acid groups is 1. The second kappa shape index (κ2) is 15.5. The fourth-order valence-corrected chi connectivity index (χ4v) is 2.83. The molecule has 0 aliphatic heterocycles. The van der Waals surface area contributed by atoms with Crippen LogP contribution in [0.15, 0.2) is 0 Å². The number of quaternary nitrogens is 1. The maximum absolute atomic E-state index is 11.9. The van der Waals surface area contributed by atoms with Gasteiger partial charge in [0.1, 0.15) is 26.0 Å². The molecule has 0 spiro atoms. The molecule has 0 aromatic carbocycles. The second-order valence-electron chi connectivity index (χ2n) is 7.90. The molecule has 0 heterocycles. The number of hydrogen-bond acceptors (Lipinski definition) is 9. The lowest BCUT2D eigenvalue weighted by atomic mass is 10.2. The van der Waals surface area contributed by atoms with Gasteiger partial charge in [0.25, 0.3) is 7.82 Å². The first-order valence-electron chi connectivity index (χ1n) is 10.2. The molecule has 0 saturated carbocycles. The number of nitrogens with zero attached hydrogens (tertiary/aromatic N) is 1. The molecule has 176 valence electrons. The molecule has 0 aliphatic carbocycles. The minimum atomic E-state index is -4.61. The van der Waals surface area contributed by atoms with E-state index in [4.69, 9.17) is 18.5 Å². The zero-order valence-electron chi connectivity index (χ0n) is 18.5. The Morgan fingerprint density at radius 3 is 2.30 bits per heavy atom. The Kier molecular flexibility index (Phi) is 14.8. The number of rotatable bonds is 18. The number of carbonyl (C=O) groups is 3. The predicted molar refractivity (Wildman–Crippen MR) is 107 cm³/mol. The zero-order valence-corrected chi connectivity index (χ0v) is 19.4. The van der Waals surface area contributed by atoms with Gasteiger partial charge in [-0.3, -0.25) is 14.2 Å². The summed E-state index contributed by atoms with van der Waals surface area (Å²) >= 11 is 0. The Balaban J connectivity index is 4.65. The number of phosphoric ester groups is 1. The van der Waals surface area contributed by atoms with Crippen LogP contribution in [0.25, 0.3) is 0 Å². The fourth-order valence-electron chi connectivity index (χ4n) is 2.11. The van der Waals surface area contributed by atoms with Crippen molar-refractivity contribution in [3.63, 3.8) is 0 Å². The summed E-state index contributed by atoms with van der Waals surface area (Å²) in [5.74, 6) is -1.10. The van der Waals surface area contributed by atoms with E-state index in [1.165, 1.54) is 0 Å². The molecule has 0 aliphatic rings. The highest BCUT2D eigenvalue weighted by Crippen LogP contribution is 2.38. The molecular weight excluding hydrogens is 417 g/mol. The van der Waals surface area contributed by atoms with Crippen molar-refractivity contribution in [1.82, 2.24) is 0 Å². The molecule has 0 aromatic heterocycles. The third-order valence-corrected chi connectivity index (χ3v) is 4.81. The number of unbranched alkanes of at least 4 members (excludes halogenated alkanes) is 3. The second-order valence-corrected chi connectivity index (χ2v) is 9.31. The lowest BCUT2D eigenvalue weighted by Gasteiger charge is -2.28. The van der Waals surface area contributed by atoms with Crippen LogP contribution in [-0.4, -0.2) is 76.3 Å². The highest BCUT2D eigenvalue weighted by atomic mass is 31.2. The van der Waals surface area contributed by atoms with E-state index in [0.717, 1.165) is 12.8 Å². The van der Waals surface area contributed by atoms with Crippen molar-refractivity contribution in [1.29, 1.82) is 0 Å². The Morgan fingerprint density at radius 1 is 1.03 bits per heavy atom. The lowest BCUT2D eigenvalue weighted by Crippen LogP contribution is -2.37. The average Bonchev–Trinajstić information content (AvgIpc) is 2.63. The minimum Gasteiger partial charge on any atom is -0.756 e. The average molecular weight is 453 g/mol. The first-order chi connectivity index (χ1) is 14.0. The quantitative estimate of drug-likeness (QED) is 0.0999. The molecule has 2 atom stereocenters. The molecule has 10 nitrogen and oxygen atoms in total. The molecule has 0 amide bonds. The SMILES string of the molecule is CCCCCC(=O)OC[C@H](COP(=O)([O-])OCC[N+](C)(C)C)OC(=O)CCCC=O. The number of carbonyl (C=O) groups excluding carboxylic acids is 3. The topological polar surface area (TPSA) is 128 Å². The summed E-state index contributed by atoms with van der Waals surface area (Å²) in [6.07, 6.45) is 2.82. The Labute approximate surface area is 179 Å². The first-order valence-corrected chi connectivity index (χ1v) is 11.6. The predicted octanol–water partition coefficient (Wildman–Crippen LogP) is 1.60. The van der Waals surface area contributed by atoms with E-state index < -0.39 is 32.5 Å². The van der Waals surface area contributed by atoms with Gasteiger partial charge in [0, 0.05) is 19.3 Å². The third kappa shape index (κ3) is 17.5. The van der Waals surface area contributed by atoms with Crippen molar-refractivity contribution in [2.75, 3.05) is 47.5 Å². The van der Waals surface area contributed by atoms with E-state index in [1.807, 2.05) is 28.1 Å². The summed E-state index contributed by atoms with van der Waals surface area (Å²) in [5, 5.41) is 0. The summed E-state index contributed by atoms with van der Waals surface area (Å²) in [7, 11) is 1.04. The van der Waals surface area contributed by atoms with Crippen LogP contribution in [0.3, 0.4) is 0 Å². The van der Waals surface area contributed by atoms with E-state index in [9.17, 15) is 23.8 Å². The van der Waals surface area contributed by atoms with Crippen LogP contribution >= 0.6 is 7.82 Å². The van der Waals surface area contributed by atoms with Crippen LogP contribution in [0, 0.1) is 0 Å². The van der Waals surface area contributed by atoms with Gasteiger partial charge < -0.3 is 32.7 Å². The van der Waals surface area contributed by atoms with Crippen molar-refractivity contribution in [2.45, 2.75) is 58.0 Å². The van der Waals surface area contributed by atoms with Gasteiger partial charge >= 0.3 is 11.9 Å². The van der Waals surface area contributed by atoms with Crippen LogP contribution in [0.2, 0.25) is 0 Å². The standard InChI is InChI=1S/C19H36NO9P/c1-5-6-7-10-18(22)26-15-17(29-19(23)11-8-9-13-21)16-28-30(24,25)27-14-12-20(2,3)4/h13,17H,5-12,14-16H2,1-4H3/t17-/m1/s1. The highest BCUT2D eigenvalue weighted by molar-refractivity contribution is 7.45. The summed E-state index contributed by atoms with van der Waals surface area (Å²) in [6.45, 7) is 1.52. The van der Waals surface area contributed by atoms with Gasteiger partial charge in [0.05, 0.1) is 27.7 Å². The van der Waals surface area contributed by atoms with Gasteiger partial charge in [0.2, 0.25) is 0 Å². The summed E-state index contributed by atoms with van der Waals surface area (Å²) in [5.41, 5.74) is 0. The Bertz CT molecular complexity index is 563. The zero-order chi connectivity index (χ0) is 23.0. The van der Waals surface area contributed by atoms with Gasteiger partial charge in [-0.1, -0.05) is 19.8 Å². The van der Waals surface area contributed by atoms with E-state index >= 15 is 0 Å². The maximum Gasteiger partial charge on any atom is 0.306 e. The van der Waals surface area contributed by atoms with E-state index in [0.29, 0.717) is 30.2 Å². The van der Waals surface area contributed by atoms with Crippen molar-refractivity contribution >= 4 is 26.0 Å². The summed E-state index contributed by atoms with van der Waals surface area (Å²) < 4.78 is 32.3. The van der Waals surface area contributed by atoms with Crippen molar-refractivity contribution in [3.8, 4) is 0 Å². The van der Waals surface area contributed by atoms with Crippen LogP contribution < -0.4 is 4.89 Å². The van der Waals surface area contributed by atoms with Gasteiger partial charge in [-0.2, -0.15) is 0 Å². The molecule has 0 aromatic rings. The van der Waals surface area contributed by atoms with Crippen molar-refractivity contribution in [2.24, 2.45) is 0 Å². The third-order valence-electron chi connectivity index (χ3n) is 3.85. The molecular formula is C19H36NO9P. The Morgan fingerprint density at radius 2 is 1.70 bits per heavy atom. The van der Waals surface area contributed by atoms with E-state index in [-0.39, 0.29) is 32.5 Å². The molecule has 0 N–H and O–H groups in total. The van der Waals surface area contributed by atoms with Gasteiger partial charge in [-0.05, 0) is 12.8 Å². The van der Waals surface area contributed by atoms with Crippen molar-refractivity contribution < 1.29 is 46.8 Å². The van der Waals surface area contributed by atoms with Gasteiger partial charge in [0.15, 0.2) is 6.10 Å². The van der Waals surface area contributed by atoms with Crippen LogP contribution in [0.5, 0.6) is 0 Å². The summed E-state index contributed by atoms with van der Waals surface area (Å²) in [4.78, 5) is 45.9. The molecule has 1 unspecified atom stereocenters. The molecule has 0 radical (unpaired) electrons. The number of hydrogen-bond donors (Lipinski definition) is 0. The first kappa shape index (κ1) is 28.7. The molecule has 0 fully saturated rings. The largest absolute Gasteiger partial charge is 0.756 e. The molecule has 0 saturated heterocycles. The number of aldehydes is 1. The van der Waals surface area contributed by atoms with E-state index in [1.54, 1.807) is 0 Å². The molecule has 0 rings (SSSR count). The van der Waals surface area contributed by atoms with Crippen LogP contribution in [0.1, 0.15) is 51.9 Å². The molecule has 30 heavy (non-hydrogen) atoms. The van der Waals surface area contributed by atoms with Crippen LogP contribution in [0.4, 0.5) is 0 Å². The van der Waals surface area contributed by atoms with Gasteiger partial charge in [-0.25, -0.2) is 0 Å². The normalized spacial score (nSPS) is 14.6. The Hall–Kier alpha value is -1.32.